The third-order valence-corrected chi connectivity index (χ3v) is 5.59. The first kappa shape index (κ1) is 15.9. The van der Waals surface area contributed by atoms with Crippen LogP contribution in [0.5, 0.6) is 0 Å². The Hall–Kier alpha value is -1.47. The molecule has 1 aromatic carbocycles. The van der Waals surface area contributed by atoms with E-state index in [4.69, 9.17) is 18.0 Å². The molecule has 1 heterocycles. The number of benzene rings is 1. The van der Waals surface area contributed by atoms with Crippen LogP contribution < -0.4 is 5.73 Å². The monoisotopic (exact) mass is 326 g/mol. The van der Waals surface area contributed by atoms with Gasteiger partial charge >= 0.3 is 0 Å². The average Bonchev–Trinajstić information content (AvgIpc) is 2.78. The summed E-state index contributed by atoms with van der Waals surface area (Å²) in [7, 11) is -1.36. The van der Waals surface area contributed by atoms with Crippen molar-refractivity contribution in [1.29, 1.82) is 0 Å². The number of amides is 1. The molecule has 0 spiro atoms. The van der Waals surface area contributed by atoms with Crippen molar-refractivity contribution in [2.45, 2.75) is 13.0 Å². The summed E-state index contributed by atoms with van der Waals surface area (Å²) in [6.45, 7) is 0.409. The molecule has 1 fully saturated rings. The Bertz CT molecular complexity index is 671. The highest BCUT2D eigenvalue weighted by Crippen LogP contribution is 2.21. The van der Waals surface area contributed by atoms with Crippen LogP contribution in [0, 0.1) is 5.92 Å². The lowest BCUT2D eigenvalue weighted by atomic mass is 10.1. The standard InChI is InChI=1S/C14H18N2O3S2/c1-16(14(17)12-5-6-21(18,19)9-12)8-10-3-2-4-11(7-10)13(15)20/h2-4,7,12H,5-6,8-9H2,1H3,(H2,15,20). The Labute approximate surface area is 130 Å². The van der Waals surface area contributed by atoms with Gasteiger partial charge in [-0.2, -0.15) is 0 Å². The van der Waals surface area contributed by atoms with Gasteiger partial charge in [0.05, 0.1) is 17.4 Å². The summed E-state index contributed by atoms with van der Waals surface area (Å²) in [5.74, 6) is -0.479. The molecule has 2 rings (SSSR count). The third kappa shape index (κ3) is 4.01. The van der Waals surface area contributed by atoms with E-state index in [9.17, 15) is 13.2 Å². The summed E-state index contributed by atoms with van der Waals surface area (Å²) in [6.07, 6.45) is 0.415. The van der Waals surface area contributed by atoms with Gasteiger partial charge in [-0.05, 0) is 18.1 Å². The molecule has 1 atom stereocenters. The van der Waals surface area contributed by atoms with Gasteiger partial charge in [0.25, 0.3) is 0 Å². The second-order valence-electron chi connectivity index (χ2n) is 5.36. The second kappa shape index (κ2) is 6.11. The third-order valence-electron chi connectivity index (χ3n) is 3.59. The first-order chi connectivity index (χ1) is 9.78. The van der Waals surface area contributed by atoms with E-state index in [1.54, 1.807) is 11.9 Å². The van der Waals surface area contributed by atoms with Crippen molar-refractivity contribution < 1.29 is 13.2 Å². The fourth-order valence-electron chi connectivity index (χ4n) is 2.48. The van der Waals surface area contributed by atoms with Gasteiger partial charge in [0.1, 0.15) is 4.99 Å². The fraction of sp³-hybridized carbons (Fsp3) is 0.429. The van der Waals surface area contributed by atoms with Crippen molar-refractivity contribution in [2.75, 3.05) is 18.6 Å². The van der Waals surface area contributed by atoms with E-state index in [2.05, 4.69) is 0 Å². The van der Waals surface area contributed by atoms with E-state index in [1.165, 1.54) is 0 Å². The highest BCUT2D eigenvalue weighted by Gasteiger charge is 2.34. The quantitative estimate of drug-likeness (QED) is 0.825. The van der Waals surface area contributed by atoms with Crippen LogP contribution in [0.3, 0.4) is 0 Å². The Balaban J connectivity index is 2.04. The first-order valence-electron chi connectivity index (χ1n) is 6.62. The van der Waals surface area contributed by atoms with Gasteiger partial charge in [0.15, 0.2) is 9.84 Å². The van der Waals surface area contributed by atoms with Crippen molar-refractivity contribution in [1.82, 2.24) is 4.90 Å². The number of hydrogen-bond donors (Lipinski definition) is 1. The summed E-state index contributed by atoms with van der Waals surface area (Å²) in [5, 5.41) is 0. The topological polar surface area (TPSA) is 80.5 Å². The van der Waals surface area contributed by atoms with Gasteiger partial charge in [0, 0.05) is 19.2 Å². The number of carbonyl (C=O) groups excluding carboxylic acids is 1. The number of hydrogen-bond acceptors (Lipinski definition) is 4. The number of sulfone groups is 1. The zero-order valence-corrected chi connectivity index (χ0v) is 13.4. The Morgan fingerprint density at radius 1 is 1.48 bits per heavy atom. The number of thiocarbonyl (C=S) groups is 1. The number of nitrogens with zero attached hydrogens (tertiary/aromatic N) is 1. The SMILES string of the molecule is CN(Cc1cccc(C(N)=S)c1)C(=O)C1CCS(=O)(=O)C1. The lowest BCUT2D eigenvalue weighted by Crippen LogP contribution is -2.33. The Kier molecular flexibility index (Phi) is 4.63. The van der Waals surface area contributed by atoms with E-state index in [-0.39, 0.29) is 17.4 Å². The molecule has 1 aliphatic rings. The second-order valence-corrected chi connectivity index (χ2v) is 8.03. The maximum Gasteiger partial charge on any atom is 0.226 e. The zero-order chi connectivity index (χ0) is 15.6. The summed E-state index contributed by atoms with van der Waals surface area (Å²) in [6, 6.07) is 7.38. The fourth-order valence-corrected chi connectivity index (χ4v) is 4.34. The number of rotatable bonds is 4. The molecular formula is C14H18N2O3S2. The van der Waals surface area contributed by atoms with Gasteiger partial charge in [-0.15, -0.1) is 0 Å². The molecule has 0 bridgehead atoms. The van der Waals surface area contributed by atoms with E-state index in [1.807, 2.05) is 24.3 Å². The molecule has 0 aromatic heterocycles. The highest BCUT2D eigenvalue weighted by molar-refractivity contribution is 7.91. The molecular weight excluding hydrogens is 308 g/mol. The van der Waals surface area contributed by atoms with Crippen LogP contribution in [0.25, 0.3) is 0 Å². The van der Waals surface area contributed by atoms with Crippen molar-refractivity contribution in [3.63, 3.8) is 0 Å². The lowest BCUT2D eigenvalue weighted by Gasteiger charge is -2.20. The van der Waals surface area contributed by atoms with Crippen LogP contribution in [0.2, 0.25) is 0 Å². The van der Waals surface area contributed by atoms with E-state index < -0.39 is 15.8 Å². The van der Waals surface area contributed by atoms with E-state index >= 15 is 0 Å². The molecule has 0 saturated carbocycles. The molecule has 5 nitrogen and oxygen atoms in total. The maximum absolute atomic E-state index is 12.3. The van der Waals surface area contributed by atoms with Crippen LogP contribution in [0.4, 0.5) is 0 Å². The van der Waals surface area contributed by atoms with Crippen LogP contribution >= 0.6 is 12.2 Å². The maximum atomic E-state index is 12.3. The number of carbonyl (C=O) groups is 1. The van der Waals surface area contributed by atoms with Crippen molar-refractivity contribution in [3.05, 3.63) is 35.4 Å². The van der Waals surface area contributed by atoms with E-state index in [0.717, 1.165) is 11.1 Å². The number of nitrogens with two attached hydrogens (primary N) is 1. The average molecular weight is 326 g/mol. The predicted octanol–water partition coefficient (Wildman–Crippen LogP) is 0.714. The molecule has 1 amide bonds. The first-order valence-corrected chi connectivity index (χ1v) is 8.85. The van der Waals surface area contributed by atoms with E-state index in [0.29, 0.717) is 18.0 Å². The molecule has 1 saturated heterocycles. The van der Waals surface area contributed by atoms with Crippen LogP contribution in [0.15, 0.2) is 24.3 Å². The predicted molar refractivity (Wildman–Crippen MR) is 85.6 cm³/mol. The minimum absolute atomic E-state index is 0.0386. The molecule has 114 valence electrons. The largest absolute Gasteiger partial charge is 0.389 e. The molecule has 1 aromatic rings. The Morgan fingerprint density at radius 3 is 2.76 bits per heavy atom. The van der Waals surface area contributed by atoms with Crippen LogP contribution in [-0.2, 0) is 21.2 Å². The van der Waals surface area contributed by atoms with Crippen molar-refractivity contribution >= 4 is 33.0 Å². The van der Waals surface area contributed by atoms with Gasteiger partial charge < -0.3 is 10.6 Å². The van der Waals surface area contributed by atoms with Gasteiger partial charge in [-0.25, -0.2) is 8.42 Å². The summed E-state index contributed by atoms with van der Waals surface area (Å²) in [5.41, 5.74) is 7.26. The van der Waals surface area contributed by atoms with Crippen LogP contribution in [-0.4, -0.2) is 42.8 Å². The van der Waals surface area contributed by atoms with Crippen molar-refractivity contribution in [2.24, 2.45) is 11.7 Å². The smallest absolute Gasteiger partial charge is 0.226 e. The van der Waals surface area contributed by atoms with Gasteiger partial charge in [0.2, 0.25) is 5.91 Å². The summed E-state index contributed by atoms with van der Waals surface area (Å²) < 4.78 is 22.9. The minimum Gasteiger partial charge on any atom is -0.389 e. The summed E-state index contributed by atoms with van der Waals surface area (Å²) in [4.78, 5) is 14.1. The van der Waals surface area contributed by atoms with Crippen molar-refractivity contribution in [3.8, 4) is 0 Å². The molecule has 21 heavy (non-hydrogen) atoms. The summed E-state index contributed by atoms with van der Waals surface area (Å²) >= 11 is 4.93. The van der Waals surface area contributed by atoms with Crippen LogP contribution in [0.1, 0.15) is 17.5 Å². The minimum atomic E-state index is -3.05. The molecule has 1 unspecified atom stereocenters. The molecule has 1 aliphatic heterocycles. The molecule has 2 N–H and O–H groups in total. The normalized spacial score (nSPS) is 20.1. The molecule has 0 radical (unpaired) electrons. The highest BCUT2D eigenvalue weighted by atomic mass is 32.2. The molecule has 0 aliphatic carbocycles. The van der Waals surface area contributed by atoms with Gasteiger partial charge in [-0.1, -0.05) is 30.4 Å². The van der Waals surface area contributed by atoms with Gasteiger partial charge in [-0.3, -0.25) is 4.79 Å². The Morgan fingerprint density at radius 2 is 2.19 bits per heavy atom. The zero-order valence-electron chi connectivity index (χ0n) is 11.8. The molecule has 7 heteroatoms. The lowest BCUT2D eigenvalue weighted by molar-refractivity contribution is -0.133.